The Hall–Kier alpha value is -1.45. The van der Waals surface area contributed by atoms with E-state index in [9.17, 15) is 21.6 Å². The fourth-order valence-corrected chi connectivity index (χ4v) is 4.82. The van der Waals surface area contributed by atoms with Gasteiger partial charge in [-0.3, -0.25) is 4.79 Å². The third-order valence-electron chi connectivity index (χ3n) is 4.68. The van der Waals surface area contributed by atoms with Crippen LogP contribution in [-0.4, -0.2) is 52.1 Å². The van der Waals surface area contributed by atoms with Crippen molar-refractivity contribution in [1.82, 2.24) is 9.62 Å². The van der Waals surface area contributed by atoms with Gasteiger partial charge in [0.1, 0.15) is 0 Å². The van der Waals surface area contributed by atoms with Gasteiger partial charge in [-0.05, 0) is 44.4 Å². The predicted octanol–water partition coefficient (Wildman–Crippen LogP) is 1.33. The minimum atomic E-state index is -3.29. The molecule has 2 rings (SSSR count). The van der Waals surface area contributed by atoms with Crippen LogP contribution in [0.15, 0.2) is 29.2 Å². The Bertz CT molecular complexity index is 848. The van der Waals surface area contributed by atoms with Gasteiger partial charge < -0.3 is 5.32 Å². The maximum atomic E-state index is 12.5. The molecule has 1 aliphatic heterocycles. The number of sulfonamides is 1. The second kappa shape index (κ2) is 8.06. The van der Waals surface area contributed by atoms with Gasteiger partial charge in [0, 0.05) is 19.3 Å². The van der Waals surface area contributed by atoms with Crippen molar-refractivity contribution >= 4 is 25.8 Å². The Balaban J connectivity index is 2.02. The lowest BCUT2D eigenvalue weighted by molar-refractivity contribution is -0.126. The van der Waals surface area contributed by atoms with E-state index in [-0.39, 0.29) is 35.1 Å². The Labute approximate surface area is 155 Å². The highest BCUT2D eigenvalue weighted by molar-refractivity contribution is 7.90. The van der Waals surface area contributed by atoms with Crippen molar-refractivity contribution in [2.24, 2.45) is 5.92 Å². The fourth-order valence-electron chi connectivity index (χ4n) is 3.01. The minimum absolute atomic E-state index is 0.0322. The molecule has 1 heterocycles. The Kier molecular flexibility index (Phi) is 6.46. The van der Waals surface area contributed by atoms with E-state index < -0.39 is 19.9 Å². The third kappa shape index (κ3) is 5.05. The number of benzene rings is 1. The first-order valence-corrected chi connectivity index (χ1v) is 12.1. The number of rotatable bonds is 6. The van der Waals surface area contributed by atoms with E-state index in [1.165, 1.54) is 16.4 Å². The molecule has 7 nitrogen and oxygen atoms in total. The molecule has 9 heteroatoms. The van der Waals surface area contributed by atoms with Gasteiger partial charge in [0.25, 0.3) is 0 Å². The van der Waals surface area contributed by atoms with Gasteiger partial charge >= 0.3 is 0 Å². The van der Waals surface area contributed by atoms with Gasteiger partial charge in [0.05, 0.1) is 22.6 Å². The van der Waals surface area contributed by atoms with E-state index in [1.807, 2.05) is 6.92 Å². The van der Waals surface area contributed by atoms with Crippen molar-refractivity contribution in [3.05, 3.63) is 29.8 Å². The first kappa shape index (κ1) is 20.9. The molecule has 1 saturated heterocycles. The van der Waals surface area contributed by atoms with E-state index >= 15 is 0 Å². The summed E-state index contributed by atoms with van der Waals surface area (Å²) in [6.07, 6.45) is 2.46. The van der Waals surface area contributed by atoms with E-state index in [0.29, 0.717) is 19.4 Å². The molecule has 26 heavy (non-hydrogen) atoms. The molecule has 146 valence electrons. The maximum Gasteiger partial charge on any atom is 0.224 e. The summed E-state index contributed by atoms with van der Waals surface area (Å²) in [5, 5.41) is 2.90. The van der Waals surface area contributed by atoms with Gasteiger partial charge in [-0.1, -0.05) is 12.1 Å². The third-order valence-corrected chi connectivity index (χ3v) is 7.66. The van der Waals surface area contributed by atoms with Gasteiger partial charge in [0.15, 0.2) is 9.84 Å². The summed E-state index contributed by atoms with van der Waals surface area (Å²) in [6, 6.07) is 6.09. The van der Waals surface area contributed by atoms with Crippen LogP contribution >= 0.6 is 0 Å². The topological polar surface area (TPSA) is 101 Å². The number of hydrogen-bond acceptors (Lipinski definition) is 5. The van der Waals surface area contributed by atoms with Crippen LogP contribution in [0.25, 0.3) is 0 Å². The van der Waals surface area contributed by atoms with Gasteiger partial charge in [-0.2, -0.15) is 0 Å². The molecular formula is C17H26N2O5S2. The molecule has 1 N–H and O–H groups in total. The predicted molar refractivity (Wildman–Crippen MR) is 99.9 cm³/mol. The van der Waals surface area contributed by atoms with Crippen LogP contribution in [-0.2, 0) is 24.7 Å². The van der Waals surface area contributed by atoms with Crippen molar-refractivity contribution in [2.75, 3.05) is 25.1 Å². The lowest BCUT2D eigenvalue weighted by Gasteiger charge is -2.31. The lowest BCUT2D eigenvalue weighted by atomic mass is 9.98. The molecule has 1 amide bonds. The summed E-state index contributed by atoms with van der Waals surface area (Å²) >= 11 is 0. The molecule has 0 spiro atoms. The Morgan fingerprint density at radius 2 is 1.85 bits per heavy atom. The highest BCUT2D eigenvalue weighted by Crippen LogP contribution is 2.22. The number of carbonyl (C=O) groups is 1. The smallest absolute Gasteiger partial charge is 0.224 e. The normalized spacial score (nSPS) is 20.5. The second-order valence-corrected chi connectivity index (χ2v) is 10.9. The van der Waals surface area contributed by atoms with Crippen molar-refractivity contribution in [3.8, 4) is 0 Å². The van der Waals surface area contributed by atoms with Crippen LogP contribution in [0.4, 0.5) is 0 Å². The number of carbonyl (C=O) groups excluding carboxylic acids is 1. The van der Waals surface area contributed by atoms with Crippen molar-refractivity contribution in [2.45, 2.75) is 37.6 Å². The van der Waals surface area contributed by atoms with Crippen LogP contribution in [0.2, 0.25) is 0 Å². The number of nitrogens with zero attached hydrogens (tertiary/aromatic N) is 1. The summed E-state index contributed by atoms with van der Waals surface area (Å²) in [5.74, 6) is -0.520. The zero-order chi connectivity index (χ0) is 19.5. The quantitative estimate of drug-likeness (QED) is 0.774. The summed E-state index contributed by atoms with van der Waals surface area (Å²) in [6.45, 7) is 4.09. The molecule has 0 radical (unpaired) electrons. The Morgan fingerprint density at radius 3 is 2.38 bits per heavy atom. The molecule has 0 aliphatic carbocycles. The number of nitrogens with one attached hydrogen (secondary N) is 1. The largest absolute Gasteiger partial charge is 0.349 e. The monoisotopic (exact) mass is 402 g/mol. The molecular weight excluding hydrogens is 376 g/mol. The Morgan fingerprint density at radius 1 is 1.23 bits per heavy atom. The lowest BCUT2D eigenvalue weighted by Crippen LogP contribution is -2.46. The summed E-state index contributed by atoms with van der Waals surface area (Å²) in [5.41, 5.74) is 0.791. The maximum absolute atomic E-state index is 12.5. The first-order valence-electron chi connectivity index (χ1n) is 8.63. The van der Waals surface area contributed by atoms with E-state index in [4.69, 9.17) is 0 Å². The average Bonchev–Trinajstić information content (AvgIpc) is 2.61. The van der Waals surface area contributed by atoms with Crippen LogP contribution in [0.3, 0.4) is 0 Å². The first-order chi connectivity index (χ1) is 12.0. The van der Waals surface area contributed by atoms with Gasteiger partial charge in [-0.25, -0.2) is 21.1 Å². The SMILES string of the molecule is CCS(=O)(=O)N1CCC[C@@H](C(=O)N[C@H](C)c2ccc(S(C)(=O)=O)cc2)C1. The van der Waals surface area contributed by atoms with Gasteiger partial charge in [0.2, 0.25) is 15.9 Å². The minimum Gasteiger partial charge on any atom is -0.349 e. The summed E-state index contributed by atoms with van der Waals surface area (Å²) < 4.78 is 48.5. The van der Waals surface area contributed by atoms with Crippen molar-refractivity contribution < 1.29 is 21.6 Å². The summed E-state index contributed by atoms with van der Waals surface area (Å²) in [4.78, 5) is 12.8. The fraction of sp³-hybridized carbons (Fsp3) is 0.588. The molecule has 1 aliphatic rings. The van der Waals surface area contributed by atoms with E-state index in [2.05, 4.69) is 5.32 Å². The van der Waals surface area contributed by atoms with E-state index in [0.717, 1.165) is 11.8 Å². The van der Waals surface area contributed by atoms with Crippen LogP contribution < -0.4 is 5.32 Å². The van der Waals surface area contributed by atoms with Crippen LogP contribution in [0, 0.1) is 5.92 Å². The van der Waals surface area contributed by atoms with Gasteiger partial charge in [-0.15, -0.1) is 0 Å². The zero-order valence-corrected chi connectivity index (χ0v) is 16.9. The van der Waals surface area contributed by atoms with Crippen LogP contribution in [0.1, 0.15) is 38.3 Å². The molecule has 1 fully saturated rings. The zero-order valence-electron chi connectivity index (χ0n) is 15.3. The number of hydrogen-bond donors (Lipinski definition) is 1. The molecule has 1 aromatic rings. The van der Waals surface area contributed by atoms with Crippen LogP contribution in [0.5, 0.6) is 0 Å². The number of piperidine rings is 1. The number of sulfone groups is 1. The molecule has 0 unspecified atom stereocenters. The highest BCUT2D eigenvalue weighted by atomic mass is 32.2. The standard InChI is InChI=1S/C17H26N2O5S2/c1-4-26(23,24)19-11-5-6-15(12-19)17(20)18-13(2)14-7-9-16(10-8-14)25(3,21)22/h7-10,13,15H,4-6,11-12H2,1-3H3,(H,18,20)/t13-,15-/m1/s1. The second-order valence-electron chi connectivity index (χ2n) is 6.67. The molecule has 1 aromatic carbocycles. The molecule has 2 atom stereocenters. The van der Waals surface area contributed by atoms with Crippen molar-refractivity contribution in [1.29, 1.82) is 0 Å². The van der Waals surface area contributed by atoms with E-state index in [1.54, 1.807) is 19.1 Å². The molecule has 0 aromatic heterocycles. The average molecular weight is 403 g/mol. The summed E-state index contributed by atoms with van der Waals surface area (Å²) in [7, 11) is -6.55. The molecule has 0 bridgehead atoms. The van der Waals surface area contributed by atoms with Crippen molar-refractivity contribution in [3.63, 3.8) is 0 Å². The molecule has 0 saturated carbocycles. The highest BCUT2D eigenvalue weighted by Gasteiger charge is 2.31. The number of amides is 1.